The van der Waals surface area contributed by atoms with Gasteiger partial charge in [0.1, 0.15) is 5.75 Å². The number of rotatable bonds is 1. The fourth-order valence-electron chi connectivity index (χ4n) is 4.76. The molecule has 0 aromatic heterocycles. The van der Waals surface area contributed by atoms with E-state index in [1.807, 2.05) is 23.1 Å². The van der Waals surface area contributed by atoms with E-state index in [1.54, 1.807) is 0 Å². The van der Waals surface area contributed by atoms with Gasteiger partial charge in [0.15, 0.2) is 6.10 Å². The molecule has 0 aliphatic carbocycles. The largest absolute Gasteiger partial charge is 0.480 e. The summed E-state index contributed by atoms with van der Waals surface area (Å²) in [4.78, 5) is 15.0. The summed E-state index contributed by atoms with van der Waals surface area (Å²) < 4.78 is 6.02. The molecule has 1 N–H and O–H groups in total. The smallest absolute Gasteiger partial charge is 0.263 e. The van der Waals surface area contributed by atoms with E-state index >= 15 is 0 Å². The molecule has 1 amide bonds. The second-order valence-electron chi connectivity index (χ2n) is 7.76. The second kappa shape index (κ2) is 6.04. The first-order valence-corrected chi connectivity index (χ1v) is 9.62. The molecule has 3 aliphatic heterocycles. The second-order valence-corrected chi connectivity index (χ2v) is 7.76. The molecule has 0 radical (unpaired) electrons. The van der Waals surface area contributed by atoms with Crippen LogP contribution in [-0.4, -0.2) is 36.5 Å². The van der Waals surface area contributed by atoms with Crippen LogP contribution in [0.4, 0.5) is 5.69 Å². The van der Waals surface area contributed by atoms with E-state index in [9.17, 15) is 4.79 Å². The Balaban J connectivity index is 1.27. The van der Waals surface area contributed by atoms with E-state index in [0.29, 0.717) is 0 Å². The van der Waals surface area contributed by atoms with Gasteiger partial charge in [-0.25, -0.2) is 0 Å². The van der Waals surface area contributed by atoms with Gasteiger partial charge in [-0.3, -0.25) is 4.79 Å². The number of carbonyl (C=O) groups excluding carboxylic acids is 1. The van der Waals surface area contributed by atoms with Crippen LogP contribution in [0.3, 0.4) is 0 Å². The van der Waals surface area contributed by atoms with Crippen LogP contribution in [0.25, 0.3) is 0 Å². The number of hydrogen-bond acceptors (Lipinski definition) is 3. The molecule has 1 atom stereocenters. The molecular weight excluding hydrogens is 324 g/mol. The van der Waals surface area contributed by atoms with Crippen molar-refractivity contribution in [3.8, 4) is 5.75 Å². The Hall–Kier alpha value is -2.49. The van der Waals surface area contributed by atoms with Crippen molar-refractivity contribution in [1.29, 1.82) is 0 Å². The van der Waals surface area contributed by atoms with Crippen molar-refractivity contribution in [1.82, 2.24) is 4.90 Å². The van der Waals surface area contributed by atoms with Crippen LogP contribution in [0.5, 0.6) is 5.75 Å². The number of aryl methyl sites for hydroxylation is 1. The number of fused-ring (bicyclic) bond motifs is 3. The number of nitrogens with one attached hydrogen (secondary N) is 1. The lowest BCUT2D eigenvalue weighted by Gasteiger charge is -2.41. The zero-order valence-corrected chi connectivity index (χ0v) is 14.9. The summed E-state index contributed by atoms with van der Waals surface area (Å²) >= 11 is 0. The number of ether oxygens (including phenoxy) is 1. The van der Waals surface area contributed by atoms with Gasteiger partial charge >= 0.3 is 0 Å². The average Bonchev–Trinajstić information content (AvgIpc) is 3.06. The quantitative estimate of drug-likeness (QED) is 0.859. The topological polar surface area (TPSA) is 41.6 Å². The number of nitrogens with zero attached hydrogens (tertiary/aromatic N) is 1. The Labute approximate surface area is 154 Å². The predicted molar refractivity (Wildman–Crippen MR) is 102 cm³/mol. The van der Waals surface area contributed by atoms with Crippen LogP contribution in [0.1, 0.15) is 30.4 Å². The Morgan fingerprint density at radius 3 is 2.73 bits per heavy atom. The van der Waals surface area contributed by atoms with Crippen LogP contribution in [0.15, 0.2) is 48.5 Å². The summed E-state index contributed by atoms with van der Waals surface area (Å²) in [5.74, 6) is 1.04. The molecule has 1 saturated heterocycles. The van der Waals surface area contributed by atoms with Gasteiger partial charge in [-0.05, 0) is 48.9 Å². The monoisotopic (exact) mass is 348 g/mol. The first-order chi connectivity index (χ1) is 12.8. The molecule has 0 unspecified atom stereocenters. The van der Waals surface area contributed by atoms with E-state index in [2.05, 4.69) is 35.6 Å². The van der Waals surface area contributed by atoms with Gasteiger partial charge in [0.2, 0.25) is 0 Å². The van der Waals surface area contributed by atoms with E-state index in [0.717, 1.165) is 51.1 Å². The maximum atomic E-state index is 13.0. The maximum Gasteiger partial charge on any atom is 0.263 e. The predicted octanol–water partition coefficient (Wildman–Crippen LogP) is 3.37. The van der Waals surface area contributed by atoms with E-state index in [-0.39, 0.29) is 17.4 Å². The number of likely N-dealkylation sites (tertiary alicyclic amines) is 1. The normalized spacial score (nSPS) is 22.9. The number of amides is 1. The van der Waals surface area contributed by atoms with Crippen molar-refractivity contribution in [2.45, 2.75) is 37.2 Å². The zero-order valence-electron chi connectivity index (χ0n) is 14.9. The Morgan fingerprint density at radius 1 is 1.08 bits per heavy atom. The first kappa shape index (κ1) is 15.7. The highest BCUT2D eigenvalue weighted by molar-refractivity contribution is 5.82. The fraction of sp³-hybridized carbons (Fsp3) is 0.409. The van der Waals surface area contributed by atoms with Crippen LogP contribution in [-0.2, 0) is 16.6 Å². The average molecular weight is 348 g/mol. The van der Waals surface area contributed by atoms with Gasteiger partial charge in [0.05, 0.1) is 0 Å². The summed E-state index contributed by atoms with van der Waals surface area (Å²) in [7, 11) is 0. The molecule has 1 fully saturated rings. The highest BCUT2D eigenvalue weighted by atomic mass is 16.5. The lowest BCUT2D eigenvalue weighted by Crippen LogP contribution is -2.50. The lowest BCUT2D eigenvalue weighted by atomic mass is 9.74. The summed E-state index contributed by atoms with van der Waals surface area (Å²) in [5.41, 5.74) is 4.09. The van der Waals surface area contributed by atoms with Gasteiger partial charge in [0, 0.05) is 30.7 Å². The Morgan fingerprint density at radius 2 is 1.85 bits per heavy atom. The highest BCUT2D eigenvalue weighted by Crippen LogP contribution is 2.44. The minimum atomic E-state index is -0.326. The molecule has 5 rings (SSSR count). The third-order valence-corrected chi connectivity index (χ3v) is 6.34. The first-order valence-electron chi connectivity index (χ1n) is 9.62. The zero-order chi connectivity index (χ0) is 17.6. The van der Waals surface area contributed by atoms with Crippen molar-refractivity contribution in [3.63, 3.8) is 0 Å². The summed E-state index contributed by atoms with van der Waals surface area (Å²) in [5, 5.41) is 3.55. The molecular formula is C22H24N2O2. The molecule has 4 nitrogen and oxygen atoms in total. The van der Waals surface area contributed by atoms with Gasteiger partial charge in [-0.2, -0.15) is 0 Å². The van der Waals surface area contributed by atoms with E-state index in [4.69, 9.17) is 4.74 Å². The molecule has 2 aromatic rings. The molecule has 3 heterocycles. The molecule has 1 spiro atoms. The summed E-state index contributed by atoms with van der Waals surface area (Å²) in [6, 6.07) is 16.7. The highest BCUT2D eigenvalue weighted by Gasteiger charge is 2.43. The summed E-state index contributed by atoms with van der Waals surface area (Å²) in [6.07, 6.45) is 3.41. The maximum absolute atomic E-state index is 13.0. The van der Waals surface area contributed by atoms with Crippen LogP contribution >= 0.6 is 0 Å². The van der Waals surface area contributed by atoms with Crippen LogP contribution < -0.4 is 10.1 Å². The number of anilines is 1. The Kier molecular flexibility index (Phi) is 3.66. The number of carbonyl (C=O) groups is 1. The lowest BCUT2D eigenvalue weighted by molar-refractivity contribution is -0.141. The Bertz CT molecular complexity index is 840. The standard InChI is InChI=1S/C22H24N2O2/c25-21(20-10-9-16-5-1-4-8-19(16)26-20)24-13-11-22(12-14-24)15-23-18-7-3-2-6-17(18)22/h1-8,20,23H,9-15H2/t20-/m0/s1. The molecule has 3 aliphatic rings. The fourth-order valence-corrected chi connectivity index (χ4v) is 4.76. The van der Waals surface area contributed by atoms with Crippen molar-refractivity contribution < 1.29 is 9.53 Å². The molecule has 0 bridgehead atoms. The van der Waals surface area contributed by atoms with Gasteiger partial charge in [-0.1, -0.05) is 36.4 Å². The van der Waals surface area contributed by atoms with Crippen molar-refractivity contribution >= 4 is 11.6 Å². The third-order valence-electron chi connectivity index (χ3n) is 6.34. The van der Waals surface area contributed by atoms with Crippen molar-refractivity contribution in [2.75, 3.05) is 25.0 Å². The molecule has 4 heteroatoms. The van der Waals surface area contributed by atoms with Crippen molar-refractivity contribution in [2.24, 2.45) is 0 Å². The van der Waals surface area contributed by atoms with E-state index < -0.39 is 0 Å². The number of para-hydroxylation sites is 2. The van der Waals surface area contributed by atoms with Crippen molar-refractivity contribution in [3.05, 3.63) is 59.7 Å². The van der Waals surface area contributed by atoms with Crippen LogP contribution in [0, 0.1) is 0 Å². The minimum Gasteiger partial charge on any atom is -0.480 e. The number of piperidine rings is 1. The van der Waals surface area contributed by atoms with Crippen LogP contribution in [0.2, 0.25) is 0 Å². The summed E-state index contributed by atoms with van der Waals surface area (Å²) in [6.45, 7) is 2.62. The number of hydrogen-bond donors (Lipinski definition) is 1. The van der Waals surface area contributed by atoms with Gasteiger partial charge in [0.25, 0.3) is 5.91 Å². The van der Waals surface area contributed by atoms with Gasteiger partial charge in [-0.15, -0.1) is 0 Å². The molecule has 26 heavy (non-hydrogen) atoms. The molecule has 134 valence electrons. The molecule has 0 saturated carbocycles. The molecule has 2 aromatic carbocycles. The van der Waals surface area contributed by atoms with E-state index in [1.165, 1.54) is 16.8 Å². The van der Waals surface area contributed by atoms with Gasteiger partial charge < -0.3 is 15.0 Å². The SMILES string of the molecule is O=C([C@@H]1CCc2ccccc2O1)N1CCC2(CC1)CNc1ccccc12. The minimum absolute atomic E-state index is 0.161. The number of benzene rings is 2. The third kappa shape index (κ3) is 2.47.